The van der Waals surface area contributed by atoms with Gasteiger partial charge in [0.2, 0.25) is 5.91 Å². The fourth-order valence-corrected chi connectivity index (χ4v) is 1.61. The fraction of sp³-hybridized carbons (Fsp3) is 0.182. The molecule has 0 aliphatic carbocycles. The van der Waals surface area contributed by atoms with E-state index in [1.165, 1.54) is 6.07 Å². The molecule has 0 fully saturated rings. The van der Waals surface area contributed by atoms with Gasteiger partial charge in [0, 0.05) is 11.3 Å². The molecule has 1 aliphatic heterocycles. The van der Waals surface area contributed by atoms with Gasteiger partial charge in [0.1, 0.15) is 6.54 Å². The van der Waals surface area contributed by atoms with Crippen LogP contribution in [-0.2, 0) is 16.0 Å². The Morgan fingerprint density at radius 3 is 2.88 bits per heavy atom. The molecule has 0 spiro atoms. The summed E-state index contributed by atoms with van der Waals surface area (Å²) in [6.07, 6.45) is 0.312. The predicted octanol–water partition coefficient (Wildman–Crippen LogP) is -0.00440. The molecule has 1 aromatic carbocycles. The van der Waals surface area contributed by atoms with Crippen molar-refractivity contribution < 1.29 is 19.5 Å². The Bertz CT molecular complexity index is 510. The number of carbonyl (C=O) groups excluding carboxylic acids is 2. The summed E-state index contributed by atoms with van der Waals surface area (Å²) >= 11 is 0. The molecule has 0 saturated heterocycles. The third-order valence-electron chi connectivity index (χ3n) is 2.40. The number of amides is 2. The van der Waals surface area contributed by atoms with Crippen molar-refractivity contribution in [3.63, 3.8) is 0 Å². The monoisotopic (exact) mass is 234 g/mol. The first kappa shape index (κ1) is 11.1. The first-order chi connectivity index (χ1) is 8.06. The molecule has 1 aliphatic rings. The number of carbonyl (C=O) groups is 3. The van der Waals surface area contributed by atoms with E-state index in [4.69, 9.17) is 5.11 Å². The highest BCUT2D eigenvalue weighted by Gasteiger charge is 2.19. The van der Waals surface area contributed by atoms with Crippen LogP contribution in [-0.4, -0.2) is 29.4 Å². The van der Waals surface area contributed by atoms with Crippen molar-refractivity contribution in [1.82, 2.24) is 5.32 Å². The summed E-state index contributed by atoms with van der Waals surface area (Å²) in [6.45, 7) is -0.428. The first-order valence-corrected chi connectivity index (χ1v) is 4.99. The molecule has 2 amide bonds. The summed E-state index contributed by atoms with van der Waals surface area (Å²) in [5.74, 6) is -1.69. The summed E-state index contributed by atoms with van der Waals surface area (Å²) < 4.78 is 0. The van der Waals surface area contributed by atoms with Crippen LogP contribution in [0.15, 0.2) is 18.2 Å². The van der Waals surface area contributed by atoms with Crippen LogP contribution in [0.1, 0.15) is 15.9 Å². The van der Waals surface area contributed by atoms with E-state index in [1.54, 1.807) is 12.1 Å². The van der Waals surface area contributed by atoms with Gasteiger partial charge >= 0.3 is 5.97 Å². The number of rotatable bonds is 3. The quantitative estimate of drug-likeness (QED) is 0.685. The van der Waals surface area contributed by atoms with E-state index >= 15 is 0 Å². The Hall–Kier alpha value is -2.37. The van der Waals surface area contributed by atoms with Crippen molar-refractivity contribution in [2.45, 2.75) is 6.42 Å². The molecule has 0 atom stereocenters. The van der Waals surface area contributed by atoms with E-state index in [9.17, 15) is 14.4 Å². The van der Waals surface area contributed by atoms with Gasteiger partial charge in [0.05, 0.1) is 6.42 Å². The Morgan fingerprint density at radius 1 is 1.41 bits per heavy atom. The molecule has 1 aromatic rings. The Kier molecular flexibility index (Phi) is 2.78. The van der Waals surface area contributed by atoms with E-state index in [0.29, 0.717) is 17.7 Å². The molecular weight excluding hydrogens is 224 g/mol. The van der Waals surface area contributed by atoms with Gasteiger partial charge in [-0.2, -0.15) is 0 Å². The maximum absolute atomic E-state index is 11.5. The second kappa shape index (κ2) is 4.25. The second-order valence-corrected chi connectivity index (χ2v) is 3.67. The van der Waals surface area contributed by atoms with Crippen LogP contribution < -0.4 is 10.6 Å². The molecule has 0 radical (unpaired) electrons. The largest absolute Gasteiger partial charge is 0.480 e. The number of hydrogen-bond acceptors (Lipinski definition) is 3. The Balaban J connectivity index is 2.13. The second-order valence-electron chi connectivity index (χ2n) is 3.67. The van der Waals surface area contributed by atoms with Crippen molar-refractivity contribution in [2.24, 2.45) is 0 Å². The van der Waals surface area contributed by atoms with E-state index in [1.807, 2.05) is 0 Å². The average molecular weight is 234 g/mol. The predicted molar refractivity (Wildman–Crippen MR) is 58.7 cm³/mol. The lowest BCUT2D eigenvalue weighted by atomic mass is 10.1. The molecule has 0 unspecified atom stereocenters. The average Bonchev–Trinajstić information content (AvgIpc) is 2.64. The zero-order valence-electron chi connectivity index (χ0n) is 8.82. The maximum atomic E-state index is 11.5. The number of nitrogens with one attached hydrogen (secondary N) is 2. The van der Waals surface area contributed by atoms with Gasteiger partial charge in [-0.1, -0.05) is 6.07 Å². The van der Waals surface area contributed by atoms with Crippen LogP contribution in [0.4, 0.5) is 5.69 Å². The number of anilines is 1. The molecule has 0 bridgehead atoms. The third kappa shape index (κ3) is 2.41. The van der Waals surface area contributed by atoms with Crippen LogP contribution in [0, 0.1) is 0 Å². The van der Waals surface area contributed by atoms with Crippen LogP contribution in [0.5, 0.6) is 0 Å². The third-order valence-corrected chi connectivity index (χ3v) is 2.40. The Labute approximate surface area is 96.6 Å². The minimum absolute atomic E-state index is 0.108. The number of benzene rings is 1. The van der Waals surface area contributed by atoms with Crippen molar-refractivity contribution >= 4 is 23.5 Å². The number of carboxylic acid groups (broad SMARTS) is 1. The van der Waals surface area contributed by atoms with E-state index in [-0.39, 0.29) is 5.91 Å². The normalized spacial score (nSPS) is 12.8. The van der Waals surface area contributed by atoms with Gasteiger partial charge in [-0.25, -0.2) is 0 Å². The molecule has 0 aromatic heterocycles. The zero-order chi connectivity index (χ0) is 12.4. The lowest BCUT2D eigenvalue weighted by Crippen LogP contribution is -2.29. The highest BCUT2D eigenvalue weighted by Crippen LogP contribution is 2.23. The highest BCUT2D eigenvalue weighted by molar-refractivity contribution is 6.02. The van der Waals surface area contributed by atoms with E-state index < -0.39 is 18.4 Å². The minimum Gasteiger partial charge on any atom is -0.480 e. The zero-order valence-corrected chi connectivity index (χ0v) is 8.82. The van der Waals surface area contributed by atoms with Crippen molar-refractivity contribution in [2.75, 3.05) is 11.9 Å². The summed E-state index contributed by atoms with van der Waals surface area (Å²) in [6, 6.07) is 4.79. The van der Waals surface area contributed by atoms with Crippen molar-refractivity contribution in [3.05, 3.63) is 29.3 Å². The topological polar surface area (TPSA) is 95.5 Å². The molecule has 17 heavy (non-hydrogen) atoms. The van der Waals surface area contributed by atoms with Crippen LogP contribution in [0.3, 0.4) is 0 Å². The van der Waals surface area contributed by atoms with E-state index in [0.717, 1.165) is 5.56 Å². The van der Waals surface area contributed by atoms with Crippen molar-refractivity contribution in [1.29, 1.82) is 0 Å². The molecule has 88 valence electrons. The van der Waals surface area contributed by atoms with Gasteiger partial charge in [-0.3, -0.25) is 14.4 Å². The van der Waals surface area contributed by atoms with Crippen LogP contribution in [0.2, 0.25) is 0 Å². The van der Waals surface area contributed by atoms with Gasteiger partial charge in [-0.05, 0) is 17.7 Å². The highest BCUT2D eigenvalue weighted by atomic mass is 16.4. The van der Waals surface area contributed by atoms with E-state index in [2.05, 4.69) is 10.6 Å². The Morgan fingerprint density at radius 2 is 2.18 bits per heavy atom. The standard InChI is InChI=1S/C11H10N2O4/c14-9-4-6-1-2-7(3-8(6)13-9)11(17)12-5-10(15)16/h1-3H,4-5H2,(H,12,17)(H,13,14)(H,15,16). The molecule has 1 heterocycles. The first-order valence-electron chi connectivity index (χ1n) is 4.99. The number of hydrogen-bond donors (Lipinski definition) is 3. The van der Waals surface area contributed by atoms with Crippen molar-refractivity contribution in [3.8, 4) is 0 Å². The smallest absolute Gasteiger partial charge is 0.322 e. The summed E-state index contributed by atoms with van der Waals surface area (Å²) in [4.78, 5) is 32.9. The summed E-state index contributed by atoms with van der Waals surface area (Å²) in [7, 11) is 0. The number of carboxylic acids is 1. The fourth-order valence-electron chi connectivity index (χ4n) is 1.61. The van der Waals surface area contributed by atoms with Gasteiger partial charge in [-0.15, -0.1) is 0 Å². The van der Waals surface area contributed by atoms with Crippen LogP contribution in [0.25, 0.3) is 0 Å². The number of aliphatic carboxylic acids is 1. The maximum Gasteiger partial charge on any atom is 0.322 e. The molecule has 6 nitrogen and oxygen atoms in total. The molecule has 0 saturated carbocycles. The SMILES string of the molecule is O=C(O)CNC(=O)c1ccc2c(c1)NC(=O)C2. The van der Waals surface area contributed by atoms with Gasteiger partial charge in [0.15, 0.2) is 0 Å². The summed E-state index contributed by atoms with van der Waals surface area (Å²) in [5, 5.41) is 13.3. The summed E-state index contributed by atoms with van der Waals surface area (Å²) in [5.41, 5.74) is 1.77. The number of fused-ring (bicyclic) bond motifs is 1. The van der Waals surface area contributed by atoms with Gasteiger partial charge < -0.3 is 15.7 Å². The molecular formula is C11H10N2O4. The minimum atomic E-state index is -1.10. The van der Waals surface area contributed by atoms with Gasteiger partial charge in [0.25, 0.3) is 5.91 Å². The van der Waals surface area contributed by atoms with Crippen LogP contribution >= 0.6 is 0 Å². The lowest BCUT2D eigenvalue weighted by Gasteiger charge is -2.04. The molecule has 2 rings (SSSR count). The molecule has 6 heteroatoms. The molecule has 3 N–H and O–H groups in total. The lowest BCUT2D eigenvalue weighted by molar-refractivity contribution is -0.135.